The monoisotopic (exact) mass is 466 g/mol. The van der Waals surface area contributed by atoms with Crippen LogP contribution in [-0.4, -0.2) is 38.1 Å². The SMILES string of the molecule is CCCOc1cc(CCNc2ncnc3nccnc23)ccc1Oc1cc(C(C)(F)F)ccn1. The molecule has 0 amide bonds. The van der Waals surface area contributed by atoms with Gasteiger partial charge in [0.15, 0.2) is 23.0 Å². The highest BCUT2D eigenvalue weighted by molar-refractivity contribution is 5.81. The maximum atomic E-state index is 13.7. The fourth-order valence-electron chi connectivity index (χ4n) is 3.22. The first kappa shape index (κ1) is 23.2. The van der Waals surface area contributed by atoms with Gasteiger partial charge in [-0.25, -0.2) is 33.7 Å². The predicted molar refractivity (Wildman–Crippen MR) is 123 cm³/mol. The van der Waals surface area contributed by atoms with Crippen LogP contribution < -0.4 is 14.8 Å². The third-order valence-electron chi connectivity index (χ3n) is 4.90. The van der Waals surface area contributed by atoms with Crippen LogP contribution >= 0.6 is 0 Å². The Morgan fingerprint density at radius 2 is 1.79 bits per heavy atom. The molecule has 0 radical (unpaired) electrons. The van der Waals surface area contributed by atoms with E-state index in [1.165, 1.54) is 24.7 Å². The summed E-state index contributed by atoms with van der Waals surface area (Å²) in [5.74, 6) is -1.37. The molecular weight excluding hydrogens is 442 g/mol. The smallest absolute Gasteiger partial charge is 0.270 e. The van der Waals surface area contributed by atoms with Gasteiger partial charge >= 0.3 is 0 Å². The average Bonchev–Trinajstić information content (AvgIpc) is 2.84. The van der Waals surface area contributed by atoms with Crippen molar-refractivity contribution in [3.05, 3.63) is 66.4 Å². The molecular formula is C24H24F2N6O2. The highest BCUT2D eigenvalue weighted by atomic mass is 19.3. The number of aromatic nitrogens is 5. The summed E-state index contributed by atoms with van der Waals surface area (Å²) in [6.45, 7) is 3.91. The summed E-state index contributed by atoms with van der Waals surface area (Å²) >= 11 is 0. The van der Waals surface area contributed by atoms with Crippen LogP contribution in [-0.2, 0) is 12.3 Å². The second kappa shape index (κ2) is 10.3. The lowest BCUT2D eigenvalue weighted by Gasteiger charge is -2.15. The van der Waals surface area contributed by atoms with Gasteiger partial charge in [-0.05, 0) is 36.6 Å². The van der Waals surface area contributed by atoms with Crippen molar-refractivity contribution in [3.63, 3.8) is 0 Å². The zero-order chi connectivity index (χ0) is 24.0. The number of ether oxygens (including phenoxy) is 2. The third-order valence-corrected chi connectivity index (χ3v) is 4.90. The van der Waals surface area contributed by atoms with Gasteiger partial charge in [-0.3, -0.25) is 0 Å². The van der Waals surface area contributed by atoms with E-state index >= 15 is 0 Å². The summed E-state index contributed by atoms with van der Waals surface area (Å²) in [5, 5.41) is 3.27. The molecule has 176 valence electrons. The van der Waals surface area contributed by atoms with Crippen molar-refractivity contribution in [2.45, 2.75) is 32.6 Å². The molecule has 0 aliphatic rings. The number of benzene rings is 1. The van der Waals surface area contributed by atoms with Crippen molar-refractivity contribution in [2.75, 3.05) is 18.5 Å². The molecule has 0 bridgehead atoms. The third kappa shape index (κ3) is 5.69. The Balaban J connectivity index is 1.48. The molecule has 0 saturated carbocycles. The number of rotatable bonds is 10. The lowest BCUT2D eigenvalue weighted by molar-refractivity contribution is 0.0171. The van der Waals surface area contributed by atoms with Crippen molar-refractivity contribution < 1.29 is 18.3 Å². The number of pyridine rings is 1. The van der Waals surface area contributed by atoms with Crippen LogP contribution in [0.4, 0.5) is 14.6 Å². The number of alkyl halides is 2. The number of halogens is 2. The fraction of sp³-hybridized carbons (Fsp3) is 0.292. The molecule has 4 aromatic rings. The number of hydrogen-bond donors (Lipinski definition) is 1. The van der Waals surface area contributed by atoms with Crippen molar-refractivity contribution >= 4 is 17.0 Å². The van der Waals surface area contributed by atoms with Crippen LogP contribution in [0, 0.1) is 0 Å². The molecule has 0 fully saturated rings. The van der Waals surface area contributed by atoms with Crippen LogP contribution in [0.5, 0.6) is 17.4 Å². The minimum atomic E-state index is -2.99. The van der Waals surface area contributed by atoms with Crippen LogP contribution in [0.2, 0.25) is 0 Å². The number of anilines is 1. The number of nitrogens with one attached hydrogen (secondary N) is 1. The van der Waals surface area contributed by atoms with Gasteiger partial charge < -0.3 is 14.8 Å². The maximum Gasteiger partial charge on any atom is 0.270 e. The summed E-state index contributed by atoms with van der Waals surface area (Å²) in [4.78, 5) is 20.9. The van der Waals surface area contributed by atoms with Crippen molar-refractivity contribution in [3.8, 4) is 17.4 Å². The first-order valence-corrected chi connectivity index (χ1v) is 10.9. The minimum absolute atomic E-state index is 0.0755. The largest absolute Gasteiger partial charge is 0.490 e. The Morgan fingerprint density at radius 3 is 2.62 bits per heavy atom. The van der Waals surface area contributed by atoms with Gasteiger partial charge in [0.05, 0.1) is 6.61 Å². The molecule has 4 rings (SSSR count). The molecule has 1 aromatic carbocycles. The Kier molecular flexibility index (Phi) is 7.05. The Bertz CT molecular complexity index is 1260. The molecule has 3 aromatic heterocycles. The summed E-state index contributed by atoms with van der Waals surface area (Å²) in [5.41, 5.74) is 1.96. The van der Waals surface area contributed by atoms with E-state index in [0.717, 1.165) is 18.9 Å². The number of fused-ring (bicyclic) bond motifs is 1. The zero-order valence-electron chi connectivity index (χ0n) is 18.8. The molecule has 10 heteroatoms. The zero-order valence-corrected chi connectivity index (χ0v) is 18.8. The van der Waals surface area contributed by atoms with Crippen molar-refractivity contribution in [1.82, 2.24) is 24.9 Å². The summed E-state index contributed by atoms with van der Waals surface area (Å²) in [7, 11) is 0. The van der Waals surface area contributed by atoms with Gasteiger partial charge in [0, 0.05) is 43.7 Å². The van der Waals surface area contributed by atoms with Crippen LogP contribution in [0.1, 0.15) is 31.4 Å². The molecule has 0 spiro atoms. The second-order valence-electron chi connectivity index (χ2n) is 7.63. The van der Waals surface area contributed by atoms with E-state index in [4.69, 9.17) is 9.47 Å². The van der Waals surface area contributed by atoms with E-state index in [9.17, 15) is 8.78 Å². The lowest BCUT2D eigenvalue weighted by atomic mass is 10.1. The molecule has 1 N–H and O–H groups in total. The molecule has 0 aliphatic carbocycles. The first-order chi connectivity index (χ1) is 16.4. The Labute approximate surface area is 195 Å². The topological polar surface area (TPSA) is 94.9 Å². The standard InChI is InChI=1S/C24H24F2N6O2/c1-3-12-33-19-13-16(6-8-29-22-21-23(32-15-31-22)30-11-10-28-21)4-5-18(19)34-20-14-17(7-9-27-20)24(2,25)26/h4-5,7,9-11,13-15H,3,6,8,12H2,1-2H3,(H,29,30,31,32). The van der Waals surface area contributed by atoms with E-state index in [2.05, 4.69) is 30.2 Å². The second-order valence-corrected chi connectivity index (χ2v) is 7.63. The molecule has 0 atom stereocenters. The average molecular weight is 466 g/mol. The van der Waals surface area contributed by atoms with E-state index < -0.39 is 5.92 Å². The predicted octanol–water partition coefficient (Wildman–Crippen LogP) is 5.16. The molecule has 34 heavy (non-hydrogen) atoms. The lowest BCUT2D eigenvalue weighted by Crippen LogP contribution is -2.08. The van der Waals surface area contributed by atoms with Gasteiger partial charge in [-0.15, -0.1) is 0 Å². The van der Waals surface area contributed by atoms with Gasteiger partial charge in [-0.1, -0.05) is 13.0 Å². The highest BCUT2D eigenvalue weighted by Crippen LogP contribution is 2.34. The van der Waals surface area contributed by atoms with Crippen molar-refractivity contribution in [1.29, 1.82) is 0 Å². The molecule has 0 aliphatic heterocycles. The molecule has 3 heterocycles. The number of hydrogen-bond acceptors (Lipinski definition) is 8. The van der Waals surface area contributed by atoms with Gasteiger partial charge in [0.2, 0.25) is 5.88 Å². The summed E-state index contributed by atoms with van der Waals surface area (Å²) in [6, 6.07) is 8.03. The van der Waals surface area contributed by atoms with Gasteiger partial charge in [0.1, 0.15) is 11.8 Å². The molecule has 0 saturated heterocycles. The van der Waals surface area contributed by atoms with E-state index in [-0.39, 0.29) is 11.4 Å². The highest BCUT2D eigenvalue weighted by Gasteiger charge is 2.25. The molecule has 8 nitrogen and oxygen atoms in total. The summed E-state index contributed by atoms with van der Waals surface area (Å²) in [6.07, 6.45) is 7.40. The van der Waals surface area contributed by atoms with Gasteiger partial charge in [-0.2, -0.15) is 0 Å². The normalized spacial score (nSPS) is 11.4. The van der Waals surface area contributed by atoms with Crippen LogP contribution in [0.25, 0.3) is 11.2 Å². The Hall–Kier alpha value is -3.95. The quantitative estimate of drug-likeness (QED) is 0.342. The molecule has 0 unspecified atom stereocenters. The van der Waals surface area contributed by atoms with E-state index in [1.807, 2.05) is 19.1 Å². The number of nitrogens with zero attached hydrogens (tertiary/aromatic N) is 5. The van der Waals surface area contributed by atoms with Crippen LogP contribution in [0.3, 0.4) is 0 Å². The summed E-state index contributed by atoms with van der Waals surface area (Å²) < 4.78 is 39.0. The Morgan fingerprint density at radius 1 is 0.941 bits per heavy atom. The van der Waals surface area contributed by atoms with Crippen molar-refractivity contribution in [2.24, 2.45) is 0 Å². The fourth-order valence-corrected chi connectivity index (χ4v) is 3.22. The maximum absolute atomic E-state index is 13.7. The van der Waals surface area contributed by atoms with E-state index in [0.29, 0.717) is 48.1 Å². The van der Waals surface area contributed by atoms with Gasteiger partial charge in [0.25, 0.3) is 5.92 Å². The minimum Gasteiger partial charge on any atom is -0.490 e. The van der Waals surface area contributed by atoms with Crippen LogP contribution in [0.15, 0.2) is 55.2 Å². The first-order valence-electron chi connectivity index (χ1n) is 10.9. The van der Waals surface area contributed by atoms with E-state index in [1.54, 1.807) is 18.5 Å².